The third kappa shape index (κ3) is 3.32. The van der Waals surface area contributed by atoms with E-state index in [0.29, 0.717) is 0 Å². The molecule has 1 fully saturated rings. The number of hydrogen-bond acceptors (Lipinski definition) is 5. The number of ether oxygens (including phenoxy) is 1. The first-order chi connectivity index (χ1) is 11.1. The summed E-state index contributed by atoms with van der Waals surface area (Å²) in [6, 6.07) is 5.80. The Kier molecular flexibility index (Phi) is 4.52. The van der Waals surface area contributed by atoms with Gasteiger partial charge in [0.25, 0.3) is 0 Å². The van der Waals surface area contributed by atoms with Crippen LogP contribution >= 0.6 is 11.3 Å². The number of carbonyl (C=O) groups is 1. The number of aliphatic carboxylic acids is 1. The lowest BCUT2D eigenvalue weighted by atomic mass is 10.0. The van der Waals surface area contributed by atoms with Crippen LogP contribution in [0.4, 0.5) is 5.13 Å². The minimum absolute atomic E-state index is 0.00626. The van der Waals surface area contributed by atoms with Crippen molar-refractivity contribution in [3.8, 4) is 17.0 Å². The molecule has 0 unspecified atom stereocenters. The Labute approximate surface area is 139 Å². The van der Waals surface area contributed by atoms with E-state index < -0.39 is 5.97 Å². The predicted octanol–water partition coefficient (Wildman–Crippen LogP) is 3.35. The number of carboxylic acids is 1. The number of hydrogen-bond donors (Lipinski definition) is 1. The van der Waals surface area contributed by atoms with Gasteiger partial charge < -0.3 is 14.7 Å². The molecule has 1 aliphatic heterocycles. The number of anilines is 1. The van der Waals surface area contributed by atoms with Gasteiger partial charge in [-0.1, -0.05) is 0 Å². The van der Waals surface area contributed by atoms with Crippen molar-refractivity contribution in [3.05, 3.63) is 28.6 Å². The van der Waals surface area contributed by atoms with E-state index >= 15 is 0 Å². The number of benzene rings is 1. The van der Waals surface area contributed by atoms with Crippen molar-refractivity contribution >= 4 is 22.4 Å². The van der Waals surface area contributed by atoms with E-state index in [-0.39, 0.29) is 6.42 Å². The summed E-state index contributed by atoms with van der Waals surface area (Å²) in [6.45, 7) is 4.00. The molecule has 6 heteroatoms. The first kappa shape index (κ1) is 15.8. The second-order valence-corrected chi connectivity index (χ2v) is 6.78. The minimum Gasteiger partial charge on any atom is -0.497 e. The number of aromatic nitrogens is 1. The van der Waals surface area contributed by atoms with Gasteiger partial charge in [-0.2, -0.15) is 0 Å². The van der Waals surface area contributed by atoms with Gasteiger partial charge in [0.2, 0.25) is 0 Å². The Balaban J connectivity index is 2.03. The van der Waals surface area contributed by atoms with E-state index in [2.05, 4.69) is 4.90 Å². The number of methoxy groups -OCH3 is 1. The molecule has 0 bridgehead atoms. The first-order valence-electron chi connectivity index (χ1n) is 7.70. The first-order valence-corrected chi connectivity index (χ1v) is 8.51. The van der Waals surface area contributed by atoms with E-state index in [9.17, 15) is 9.90 Å². The van der Waals surface area contributed by atoms with Crippen LogP contribution in [0.15, 0.2) is 18.2 Å². The number of carboxylic acid groups (broad SMARTS) is 1. The molecule has 0 radical (unpaired) electrons. The lowest BCUT2D eigenvalue weighted by molar-refractivity contribution is -0.136. The van der Waals surface area contributed by atoms with Crippen LogP contribution in [0.1, 0.15) is 23.3 Å². The number of rotatable bonds is 5. The van der Waals surface area contributed by atoms with Crippen molar-refractivity contribution in [1.29, 1.82) is 0 Å². The fourth-order valence-electron chi connectivity index (χ4n) is 2.88. The van der Waals surface area contributed by atoms with Crippen LogP contribution in [-0.4, -0.2) is 36.3 Å². The molecule has 1 aliphatic rings. The fraction of sp³-hybridized carbons (Fsp3) is 0.412. The highest BCUT2D eigenvalue weighted by atomic mass is 32.1. The van der Waals surface area contributed by atoms with Crippen LogP contribution < -0.4 is 9.64 Å². The molecular weight excluding hydrogens is 312 g/mol. The second kappa shape index (κ2) is 6.58. The molecule has 1 aromatic heterocycles. The Morgan fingerprint density at radius 2 is 2.13 bits per heavy atom. The summed E-state index contributed by atoms with van der Waals surface area (Å²) in [4.78, 5) is 19.0. The maximum atomic E-state index is 11.2. The molecule has 0 amide bonds. The van der Waals surface area contributed by atoms with Gasteiger partial charge in [-0.3, -0.25) is 4.79 Å². The van der Waals surface area contributed by atoms with E-state index in [0.717, 1.165) is 45.7 Å². The third-order valence-electron chi connectivity index (χ3n) is 4.06. The van der Waals surface area contributed by atoms with Crippen molar-refractivity contribution in [2.24, 2.45) is 0 Å². The van der Waals surface area contributed by atoms with Gasteiger partial charge in [-0.25, -0.2) is 4.98 Å². The smallest absolute Gasteiger partial charge is 0.308 e. The maximum absolute atomic E-state index is 11.2. The van der Waals surface area contributed by atoms with E-state index in [1.165, 1.54) is 24.2 Å². The summed E-state index contributed by atoms with van der Waals surface area (Å²) >= 11 is 1.50. The maximum Gasteiger partial charge on any atom is 0.308 e. The topological polar surface area (TPSA) is 62.7 Å². The molecule has 23 heavy (non-hydrogen) atoms. The lowest BCUT2D eigenvalue weighted by Crippen LogP contribution is -2.17. The average molecular weight is 332 g/mol. The van der Waals surface area contributed by atoms with Gasteiger partial charge >= 0.3 is 5.97 Å². The number of thiazole rings is 1. The lowest BCUT2D eigenvalue weighted by Gasteiger charge is -2.12. The van der Waals surface area contributed by atoms with Gasteiger partial charge in [0.05, 0.1) is 19.2 Å². The van der Waals surface area contributed by atoms with Crippen molar-refractivity contribution in [2.75, 3.05) is 25.1 Å². The summed E-state index contributed by atoms with van der Waals surface area (Å²) in [6.07, 6.45) is 2.35. The van der Waals surface area contributed by atoms with Crippen LogP contribution in [0, 0.1) is 6.92 Å². The average Bonchev–Trinajstić information content (AvgIpc) is 3.16. The van der Waals surface area contributed by atoms with Crippen LogP contribution in [0.5, 0.6) is 5.75 Å². The van der Waals surface area contributed by atoms with Crippen molar-refractivity contribution in [2.45, 2.75) is 26.2 Å². The molecule has 1 N–H and O–H groups in total. The summed E-state index contributed by atoms with van der Waals surface area (Å²) < 4.78 is 5.25. The van der Waals surface area contributed by atoms with Gasteiger partial charge in [0, 0.05) is 23.5 Å². The standard InChI is InChI=1S/C17H20N2O3S/c1-11-9-12(22-2)5-6-13(11)16-14(10-15(20)21)23-17(18-16)19-7-3-4-8-19/h5-6,9H,3-4,7-8,10H2,1-2H3,(H,20,21). The number of aryl methyl sites for hydroxylation is 1. The normalized spacial score (nSPS) is 14.3. The molecule has 5 nitrogen and oxygen atoms in total. The molecule has 1 aromatic carbocycles. The van der Waals surface area contributed by atoms with Gasteiger partial charge in [0.15, 0.2) is 5.13 Å². The molecule has 1 saturated heterocycles. The van der Waals surface area contributed by atoms with Crippen molar-refractivity contribution < 1.29 is 14.6 Å². The van der Waals surface area contributed by atoms with Gasteiger partial charge in [0.1, 0.15) is 5.75 Å². The zero-order chi connectivity index (χ0) is 16.4. The van der Waals surface area contributed by atoms with E-state index in [1.807, 2.05) is 25.1 Å². The highest BCUT2D eigenvalue weighted by Crippen LogP contribution is 2.37. The molecule has 0 atom stereocenters. The van der Waals surface area contributed by atoms with Crippen LogP contribution in [0.3, 0.4) is 0 Å². The van der Waals surface area contributed by atoms with Crippen LogP contribution in [-0.2, 0) is 11.2 Å². The minimum atomic E-state index is -0.825. The zero-order valence-electron chi connectivity index (χ0n) is 13.3. The highest BCUT2D eigenvalue weighted by Gasteiger charge is 2.22. The predicted molar refractivity (Wildman–Crippen MR) is 91.6 cm³/mol. The molecule has 2 heterocycles. The fourth-order valence-corrected chi connectivity index (χ4v) is 4.00. The molecule has 122 valence electrons. The molecule has 0 spiro atoms. The monoisotopic (exact) mass is 332 g/mol. The molecule has 0 saturated carbocycles. The Hall–Kier alpha value is -2.08. The largest absolute Gasteiger partial charge is 0.497 e. The van der Waals surface area contributed by atoms with Crippen molar-refractivity contribution in [1.82, 2.24) is 4.98 Å². The Morgan fingerprint density at radius 1 is 1.39 bits per heavy atom. The number of nitrogens with zero attached hydrogens (tertiary/aromatic N) is 2. The van der Waals surface area contributed by atoms with E-state index in [4.69, 9.17) is 9.72 Å². The molecule has 2 aromatic rings. The molecule has 3 rings (SSSR count). The van der Waals surface area contributed by atoms with Crippen LogP contribution in [0.2, 0.25) is 0 Å². The SMILES string of the molecule is COc1ccc(-c2nc(N3CCCC3)sc2CC(=O)O)c(C)c1. The Bertz CT molecular complexity index is 721. The summed E-state index contributed by atoms with van der Waals surface area (Å²) in [7, 11) is 1.64. The zero-order valence-corrected chi connectivity index (χ0v) is 14.2. The summed E-state index contributed by atoms with van der Waals surface area (Å²) in [5, 5.41) is 10.1. The third-order valence-corrected chi connectivity index (χ3v) is 5.18. The second-order valence-electron chi connectivity index (χ2n) is 5.71. The summed E-state index contributed by atoms with van der Waals surface area (Å²) in [5.41, 5.74) is 2.80. The van der Waals surface area contributed by atoms with E-state index in [1.54, 1.807) is 7.11 Å². The molecule has 0 aliphatic carbocycles. The summed E-state index contributed by atoms with van der Waals surface area (Å²) in [5.74, 6) is -0.0323. The molecular formula is C17H20N2O3S. The van der Waals surface area contributed by atoms with Gasteiger partial charge in [-0.15, -0.1) is 11.3 Å². The van der Waals surface area contributed by atoms with Crippen LogP contribution in [0.25, 0.3) is 11.3 Å². The van der Waals surface area contributed by atoms with Crippen molar-refractivity contribution in [3.63, 3.8) is 0 Å². The highest BCUT2D eigenvalue weighted by molar-refractivity contribution is 7.16. The Morgan fingerprint density at radius 3 is 2.74 bits per heavy atom. The quantitative estimate of drug-likeness (QED) is 0.910. The van der Waals surface area contributed by atoms with Gasteiger partial charge in [-0.05, 0) is 43.5 Å².